The van der Waals surface area contributed by atoms with Crippen LogP contribution in [0.25, 0.3) is 0 Å². The van der Waals surface area contributed by atoms with Crippen molar-refractivity contribution in [2.45, 2.75) is 25.7 Å². The van der Waals surface area contributed by atoms with Crippen LogP contribution in [0.1, 0.15) is 16.2 Å². The van der Waals surface area contributed by atoms with Crippen LogP contribution in [0.5, 0.6) is 0 Å². The maximum atomic E-state index is 12.2. The summed E-state index contributed by atoms with van der Waals surface area (Å²) >= 11 is 3.04. The lowest BCUT2D eigenvalue weighted by Gasteiger charge is -2.15. The van der Waals surface area contributed by atoms with E-state index in [9.17, 15) is 18.0 Å². The summed E-state index contributed by atoms with van der Waals surface area (Å²) in [5, 5.41) is 12.6. The molecule has 18 heavy (non-hydrogen) atoms. The zero-order valence-electron chi connectivity index (χ0n) is 9.45. The summed E-state index contributed by atoms with van der Waals surface area (Å²) in [6, 6.07) is 0. The van der Waals surface area contributed by atoms with Gasteiger partial charge in [-0.3, -0.25) is 4.68 Å². The van der Waals surface area contributed by atoms with Gasteiger partial charge in [-0.05, 0) is 22.9 Å². The molecule has 102 valence electrons. The molecular weight excluding hydrogens is 321 g/mol. The van der Waals surface area contributed by atoms with Gasteiger partial charge in [0.15, 0.2) is 11.8 Å². The van der Waals surface area contributed by atoms with Crippen LogP contribution in [0.4, 0.5) is 13.2 Å². The number of halogens is 4. The second kappa shape index (κ2) is 5.27. The van der Waals surface area contributed by atoms with Crippen molar-refractivity contribution in [2.24, 2.45) is 0 Å². The molecule has 0 aromatic carbocycles. The number of aliphatic hydroxyl groups is 1. The van der Waals surface area contributed by atoms with Gasteiger partial charge in [-0.1, -0.05) is 0 Å². The Balaban J connectivity index is 3.02. The van der Waals surface area contributed by atoms with Crippen molar-refractivity contribution in [2.75, 3.05) is 7.11 Å². The second-order valence-corrected chi connectivity index (χ2v) is 4.27. The van der Waals surface area contributed by atoms with Crippen molar-refractivity contribution in [1.82, 2.24) is 9.78 Å². The fourth-order valence-corrected chi connectivity index (χ4v) is 1.64. The third-order valence-electron chi connectivity index (χ3n) is 2.24. The summed E-state index contributed by atoms with van der Waals surface area (Å²) in [5.74, 6) is -0.773. The summed E-state index contributed by atoms with van der Waals surface area (Å²) in [6.07, 6.45) is -7.29. The van der Waals surface area contributed by atoms with Crippen LogP contribution in [0.2, 0.25) is 0 Å². The van der Waals surface area contributed by atoms with Crippen molar-refractivity contribution >= 4 is 21.9 Å². The zero-order valence-corrected chi connectivity index (χ0v) is 11.0. The number of aliphatic hydroxyl groups excluding tert-OH is 1. The van der Waals surface area contributed by atoms with Crippen molar-refractivity contribution < 1.29 is 27.8 Å². The molecular formula is C9H10BrF3N2O3. The number of rotatable bonds is 3. The predicted octanol–water partition coefficient (Wildman–Crippen LogP) is 1.66. The Bertz CT molecular complexity index is 459. The number of esters is 1. The van der Waals surface area contributed by atoms with Gasteiger partial charge in [0.2, 0.25) is 0 Å². The van der Waals surface area contributed by atoms with E-state index in [2.05, 4.69) is 25.8 Å². The number of aromatic nitrogens is 2. The summed E-state index contributed by atoms with van der Waals surface area (Å²) < 4.78 is 42.2. The average Bonchev–Trinajstić information content (AvgIpc) is 2.55. The molecule has 9 heteroatoms. The van der Waals surface area contributed by atoms with E-state index in [4.69, 9.17) is 5.11 Å². The molecule has 0 bridgehead atoms. The van der Waals surface area contributed by atoms with Gasteiger partial charge in [0.25, 0.3) is 0 Å². The maximum Gasteiger partial charge on any atom is 0.416 e. The van der Waals surface area contributed by atoms with Gasteiger partial charge in [-0.2, -0.15) is 18.3 Å². The molecule has 0 saturated carbocycles. The average molecular weight is 331 g/mol. The Morgan fingerprint density at radius 1 is 1.61 bits per heavy atom. The number of carbonyl (C=O) groups is 1. The minimum absolute atomic E-state index is 0.135. The van der Waals surface area contributed by atoms with Crippen molar-refractivity contribution in [3.05, 3.63) is 15.9 Å². The number of hydrogen-bond acceptors (Lipinski definition) is 4. The minimum atomic E-state index is -4.74. The van der Waals surface area contributed by atoms with Crippen molar-refractivity contribution in [3.63, 3.8) is 0 Å². The highest BCUT2D eigenvalue weighted by atomic mass is 79.9. The van der Waals surface area contributed by atoms with Crippen LogP contribution in [-0.2, 0) is 11.3 Å². The third-order valence-corrected chi connectivity index (χ3v) is 3.19. The third kappa shape index (κ3) is 3.02. The summed E-state index contributed by atoms with van der Waals surface area (Å²) in [6.45, 7) is 0.678. The molecule has 1 N–H and O–H groups in total. The van der Waals surface area contributed by atoms with Gasteiger partial charge in [0.05, 0.1) is 23.8 Å². The normalized spacial score (nSPS) is 13.5. The molecule has 0 radical (unpaired) electrons. The molecule has 0 aliphatic rings. The van der Waals surface area contributed by atoms with E-state index in [1.165, 1.54) is 6.92 Å². The molecule has 1 aromatic heterocycles. The first-order valence-corrected chi connectivity index (χ1v) is 5.53. The molecule has 0 unspecified atom stereocenters. The number of nitrogens with zero attached hydrogens (tertiary/aromatic N) is 2. The standard InChI is InChI=1S/C9H10BrF3N2O3/c1-4-6(10)7(8(17)18-2)14-15(4)3-5(16)9(11,12)13/h5,16H,3H2,1-2H3/t5-/m1/s1. The van der Waals surface area contributed by atoms with Gasteiger partial charge < -0.3 is 9.84 Å². The fourth-order valence-electron chi connectivity index (χ4n) is 1.20. The van der Waals surface area contributed by atoms with E-state index in [-0.39, 0.29) is 10.2 Å². The molecule has 1 aromatic rings. The van der Waals surface area contributed by atoms with E-state index >= 15 is 0 Å². The van der Waals surface area contributed by atoms with Gasteiger partial charge in [-0.25, -0.2) is 4.79 Å². The molecule has 1 rings (SSSR count). The maximum absolute atomic E-state index is 12.2. The lowest BCUT2D eigenvalue weighted by atomic mass is 10.3. The molecule has 1 heterocycles. The molecule has 0 fully saturated rings. The molecule has 0 aliphatic heterocycles. The lowest BCUT2D eigenvalue weighted by Crippen LogP contribution is -2.33. The molecule has 5 nitrogen and oxygen atoms in total. The van der Waals surface area contributed by atoms with Crippen LogP contribution >= 0.6 is 15.9 Å². The number of alkyl halides is 3. The molecule has 0 spiro atoms. The zero-order chi connectivity index (χ0) is 14.1. The summed E-state index contributed by atoms with van der Waals surface area (Å²) in [4.78, 5) is 11.3. The molecule has 0 amide bonds. The van der Waals surface area contributed by atoms with E-state index in [0.29, 0.717) is 5.69 Å². The summed E-state index contributed by atoms with van der Waals surface area (Å²) in [7, 11) is 1.13. The van der Waals surface area contributed by atoms with Crippen molar-refractivity contribution in [3.8, 4) is 0 Å². The van der Waals surface area contributed by atoms with E-state index in [1.54, 1.807) is 0 Å². The van der Waals surface area contributed by atoms with Gasteiger partial charge in [0.1, 0.15) is 0 Å². The molecule has 0 saturated heterocycles. The Labute approximate surface area is 109 Å². The Hall–Kier alpha value is -1.09. The predicted molar refractivity (Wildman–Crippen MR) is 58.1 cm³/mol. The fraction of sp³-hybridized carbons (Fsp3) is 0.556. The number of methoxy groups -OCH3 is 1. The van der Waals surface area contributed by atoms with Crippen LogP contribution < -0.4 is 0 Å². The highest BCUT2D eigenvalue weighted by Gasteiger charge is 2.39. The largest absolute Gasteiger partial charge is 0.464 e. The second-order valence-electron chi connectivity index (χ2n) is 3.48. The SMILES string of the molecule is COC(=O)c1nn(C[C@@H](O)C(F)(F)F)c(C)c1Br. The number of ether oxygens (including phenoxy) is 1. The van der Waals surface area contributed by atoms with Crippen LogP contribution in [-0.4, -0.2) is 40.2 Å². The van der Waals surface area contributed by atoms with Crippen LogP contribution in [0.3, 0.4) is 0 Å². The number of hydrogen-bond donors (Lipinski definition) is 1. The molecule has 1 atom stereocenters. The van der Waals surface area contributed by atoms with Crippen LogP contribution in [0.15, 0.2) is 4.47 Å². The Morgan fingerprint density at radius 2 is 2.17 bits per heavy atom. The van der Waals surface area contributed by atoms with E-state index in [1.807, 2.05) is 0 Å². The Kier molecular flexibility index (Phi) is 4.38. The Morgan fingerprint density at radius 3 is 2.61 bits per heavy atom. The highest BCUT2D eigenvalue weighted by molar-refractivity contribution is 9.10. The topological polar surface area (TPSA) is 64.3 Å². The quantitative estimate of drug-likeness (QED) is 0.856. The monoisotopic (exact) mass is 330 g/mol. The minimum Gasteiger partial charge on any atom is -0.464 e. The van der Waals surface area contributed by atoms with Gasteiger partial charge >= 0.3 is 12.1 Å². The number of carbonyl (C=O) groups excluding carboxylic acids is 1. The first-order chi connectivity index (χ1) is 8.18. The van der Waals surface area contributed by atoms with Crippen molar-refractivity contribution in [1.29, 1.82) is 0 Å². The first kappa shape index (κ1) is 15.0. The van der Waals surface area contributed by atoms with Gasteiger partial charge in [0, 0.05) is 0 Å². The van der Waals surface area contributed by atoms with E-state index < -0.39 is 24.8 Å². The van der Waals surface area contributed by atoms with E-state index in [0.717, 1.165) is 11.8 Å². The lowest BCUT2D eigenvalue weighted by molar-refractivity contribution is -0.208. The molecule has 0 aliphatic carbocycles. The van der Waals surface area contributed by atoms with Gasteiger partial charge in [-0.15, -0.1) is 0 Å². The smallest absolute Gasteiger partial charge is 0.416 e. The van der Waals surface area contributed by atoms with Crippen LogP contribution in [0, 0.1) is 6.92 Å². The first-order valence-electron chi connectivity index (χ1n) is 4.74. The summed E-state index contributed by atoms with van der Waals surface area (Å²) in [5.41, 5.74) is 0.156. The highest BCUT2D eigenvalue weighted by Crippen LogP contribution is 2.25.